The Labute approximate surface area is 184 Å². The molecule has 5 rings (SSSR count). The van der Waals surface area contributed by atoms with Gasteiger partial charge in [-0.3, -0.25) is 0 Å². The van der Waals surface area contributed by atoms with Crippen LogP contribution < -0.4 is 10.1 Å². The molecule has 0 aliphatic carbocycles. The van der Waals surface area contributed by atoms with Gasteiger partial charge in [-0.05, 0) is 54.1 Å². The number of aromatic nitrogens is 3. The number of hydrogen-bond acceptors (Lipinski definition) is 4. The van der Waals surface area contributed by atoms with E-state index in [0.29, 0.717) is 5.02 Å². The van der Waals surface area contributed by atoms with Gasteiger partial charge in [-0.2, -0.15) is 0 Å². The summed E-state index contributed by atoms with van der Waals surface area (Å²) in [6.45, 7) is 0. The maximum Gasteiger partial charge on any atom is 0.150 e. The third kappa shape index (κ3) is 3.71. The smallest absolute Gasteiger partial charge is 0.150 e. The van der Waals surface area contributed by atoms with E-state index >= 15 is 0 Å². The lowest BCUT2D eigenvalue weighted by atomic mass is 10.1. The molecule has 152 valence electrons. The SMILES string of the molecule is COc1ccc(-n2cc(-c3ccccc3)c3c(Nc4ccc(Cl)cc4)ncnc32)cc1. The molecule has 0 fully saturated rings. The lowest BCUT2D eigenvalue weighted by Crippen LogP contribution is -1.98. The van der Waals surface area contributed by atoms with E-state index < -0.39 is 0 Å². The molecule has 0 amide bonds. The van der Waals surface area contributed by atoms with E-state index in [2.05, 4.69) is 38.2 Å². The molecule has 0 unspecified atom stereocenters. The van der Waals surface area contributed by atoms with Gasteiger partial charge < -0.3 is 14.6 Å². The Morgan fingerprint density at radius 2 is 1.61 bits per heavy atom. The largest absolute Gasteiger partial charge is 0.497 e. The van der Waals surface area contributed by atoms with Crippen LogP contribution in [0.5, 0.6) is 5.75 Å². The molecule has 0 saturated carbocycles. The highest BCUT2D eigenvalue weighted by atomic mass is 35.5. The Morgan fingerprint density at radius 3 is 2.32 bits per heavy atom. The molecule has 5 aromatic rings. The molecule has 5 nitrogen and oxygen atoms in total. The van der Waals surface area contributed by atoms with Crippen molar-refractivity contribution >= 4 is 34.1 Å². The maximum absolute atomic E-state index is 6.04. The second-order valence-corrected chi connectivity index (χ2v) is 7.47. The van der Waals surface area contributed by atoms with E-state index in [1.54, 1.807) is 13.4 Å². The number of hydrogen-bond donors (Lipinski definition) is 1. The van der Waals surface area contributed by atoms with Gasteiger partial charge >= 0.3 is 0 Å². The first-order valence-electron chi connectivity index (χ1n) is 9.81. The fourth-order valence-corrected chi connectivity index (χ4v) is 3.73. The van der Waals surface area contributed by atoms with Gasteiger partial charge in [0.1, 0.15) is 17.9 Å². The third-order valence-electron chi connectivity index (χ3n) is 5.13. The van der Waals surface area contributed by atoms with Crippen molar-refractivity contribution in [2.75, 3.05) is 12.4 Å². The lowest BCUT2D eigenvalue weighted by molar-refractivity contribution is 0.415. The zero-order valence-corrected chi connectivity index (χ0v) is 17.5. The first-order valence-corrected chi connectivity index (χ1v) is 10.2. The van der Waals surface area contributed by atoms with Crippen LogP contribution in [-0.4, -0.2) is 21.6 Å². The Balaban J connectivity index is 1.71. The summed E-state index contributed by atoms with van der Waals surface area (Å²) in [7, 11) is 1.66. The molecule has 0 bridgehead atoms. The molecule has 0 saturated heterocycles. The highest BCUT2D eigenvalue weighted by Crippen LogP contribution is 2.36. The van der Waals surface area contributed by atoms with E-state index in [9.17, 15) is 0 Å². The fourth-order valence-electron chi connectivity index (χ4n) is 3.60. The van der Waals surface area contributed by atoms with Crippen LogP contribution in [0.3, 0.4) is 0 Å². The summed E-state index contributed by atoms with van der Waals surface area (Å²) >= 11 is 6.04. The van der Waals surface area contributed by atoms with Crippen molar-refractivity contribution in [2.45, 2.75) is 0 Å². The van der Waals surface area contributed by atoms with Crippen LogP contribution in [0.1, 0.15) is 0 Å². The molecule has 3 aromatic carbocycles. The van der Waals surface area contributed by atoms with Gasteiger partial charge in [0.2, 0.25) is 0 Å². The minimum absolute atomic E-state index is 0.689. The van der Waals surface area contributed by atoms with Crippen molar-refractivity contribution in [1.29, 1.82) is 0 Å². The summed E-state index contributed by atoms with van der Waals surface area (Å²) in [5.74, 6) is 1.54. The van der Waals surface area contributed by atoms with Gasteiger partial charge in [-0.25, -0.2) is 9.97 Å². The molecule has 2 aromatic heterocycles. The molecule has 0 atom stereocenters. The normalized spacial score (nSPS) is 10.9. The van der Waals surface area contributed by atoms with Crippen LogP contribution in [-0.2, 0) is 0 Å². The highest BCUT2D eigenvalue weighted by molar-refractivity contribution is 6.30. The number of benzene rings is 3. The van der Waals surface area contributed by atoms with Crippen LogP contribution in [0.4, 0.5) is 11.5 Å². The van der Waals surface area contributed by atoms with Crippen molar-refractivity contribution in [3.63, 3.8) is 0 Å². The number of halogens is 1. The number of nitrogens with zero attached hydrogens (tertiary/aromatic N) is 3. The molecule has 0 aliphatic rings. The molecule has 2 heterocycles. The molecule has 31 heavy (non-hydrogen) atoms. The first-order chi connectivity index (χ1) is 15.2. The van der Waals surface area contributed by atoms with Gasteiger partial charge in [0, 0.05) is 28.2 Å². The molecule has 0 radical (unpaired) electrons. The molecule has 0 aliphatic heterocycles. The van der Waals surface area contributed by atoms with Crippen molar-refractivity contribution in [2.24, 2.45) is 0 Å². The van der Waals surface area contributed by atoms with E-state index in [1.807, 2.05) is 66.7 Å². The third-order valence-corrected chi connectivity index (χ3v) is 5.38. The predicted octanol–water partition coefficient (Wildman–Crippen LogP) is 6.49. The van der Waals surface area contributed by atoms with Crippen LogP contribution >= 0.6 is 11.6 Å². The number of anilines is 2. The van der Waals surface area contributed by atoms with Gasteiger partial charge in [0.15, 0.2) is 5.65 Å². The summed E-state index contributed by atoms with van der Waals surface area (Å²) in [5, 5.41) is 5.06. The van der Waals surface area contributed by atoms with Crippen molar-refractivity contribution in [1.82, 2.24) is 14.5 Å². The molecule has 0 spiro atoms. The zero-order chi connectivity index (χ0) is 21.2. The second-order valence-electron chi connectivity index (χ2n) is 7.03. The Hall–Kier alpha value is -3.83. The van der Waals surface area contributed by atoms with E-state index in [-0.39, 0.29) is 0 Å². The standard InChI is InChI=1S/C25H19ClN4O/c1-31-21-13-11-20(12-14-21)30-15-22(17-5-3-2-4-6-17)23-24(27-16-28-25(23)30)29-19-9-7-18(26)8-10-19/h2-16H,1H3,(H,27,28,29). The van der Waals surface area contributed by atoms with Gasteiger partial charge in [0.25, 0.3) is 0 Å². The van der Waals surface area contributed by atoms with Crippen LogP contribution in [0.15, 0.2) is 91.4 Å². The van der Waals surface area contributed by atoms with Crippen LogP contribution in [0.25, 0.3) is 27.8 Å². The van der Waals surface area contributed by atoms with Crippen LogP contribution in [0.2, 0.25) is 5.02 Å². The average Bonchev–Trinajstić information content (AvgIpc) is 3.22. The number of nitrogens with one attached hydrogen (secondary N) is 1. The van der Waals surface area contributed by atoms with Crippen molar-refractivity contribution in [3.8, 4) is 22.6 Å². The molecule has 1 N–H and O–H groups in total. The van der Waals surface area contributed by atoms with Gasteiger partial charge in [-0.15, -0.1) is 0 Å². The van der Waals surface area contributed by atoms with E-state index in [4.69, 9.17) is 16.3 Å². The van der Waals surface area contributed by atoms with Crippen molar-refractivity contribution < 1.29 is 4.74 Å². The van der Waals surface area contributed by atoms with Crippen LogP contribution in [0, 0.1) is 0 Å². The minimum atomic E-state index is 0.689. The summed E-state index contributed by atoms with van der Waals surface area (Å²) in [4.78, 5) is 9.18. The predicted molar refractivity (Wildman–Crippen MR) is 126 cm³/mol. The molecular formula is C25H19ClN4O. The Kier molecular flexibility index (Phi) is 5.02. The molecule has 6 heteroatoms. The highest BCUT2D eigenvalue weighted by Gasteiger charge is 2.17. The maximum atomic E-state index is 6.04. The summed E-state index contributed by atoms with van der Waals surface area (Å²) in [5.41, 5.74) is 4.84. The number of fused-ring (bicyclic) bond motifs is 1. The summed E-state index contributed by atoms with van der Waals surface area (Å²) < 4.78 is 7.38. The molecular weight excluding hydrogens is 408 g/mol. The quantitative estimate of drug-likeness (QED) is 0.349. The van der Waals surface area contributed by atoms with E-state index in [0.717, 1.165) is 45.1 Å². The van der Waals surface area contributed by atoms with Gasteiger partial charge in [0.05, 0.1) is 12.5 Å². The average molecular weight is 427 g/mol. The summed E-state index contributed by atoms with van der Waals surface area (Å²) in [6, 6.07) is 25.7. The van der Waals surface area contributed by atoms with E-state index in [1.165, 1.54) is 0 Å². The van der Waals surface area contributed by atoms with Crippen molar-refractivity contribution in [3.05, 3.63) is 96.4 Å². The lowest BCUT2D eigenvalue weighted by Gasteiger charge is -2.09. The Bertz CT molecular complexity index is 1330. The topological polar surface area (TPSA) is 52.0 Å². The minimum Gasteiger partial charge on any atom is -0.497 e. The second kappa shape index (κ2) is 8.13. The zero-order valence-electron chi connectivity index (χ0n) is 16.8. The number of rotatable bonds is 5. The number of ether oxygens (including phenoxy) is 1. The fraction of sp³-hybridized carbons (Fsp3) is 0.0400. The Morgan fingerprint density at radius 1 is 0.871 bits per heavy atom. The number of methoxy groups -OCH3 is 1. The summed E-state index contributed by atoms with van der Waals surface area (Å²) in [6.07, 6.45) is 3.68. The monoisotopic (exact) mass is 426 g/mol. The first kappa shape index (κ1) is 19.2. The van der Waals surface area contributed by atoms with Gasteiger partial charge in [-0.1, -0.05) is 41.9 Å².